The highest BCUT2D eigenvalue weighted by Crippen LogP contribution is 2.14. The first-order valence-corrected chi connectivity index (χ1v) is 7.53. The molecule has 0 atom stereocenters. The van der Waals surface area contributed by atoms with Gasteiger partial charge in [0.25, 0.3) is 0 Å². The number of nitrogens with one attached hydrogen (secondary N) is 2. The summed E-state index contributed by atoms with van der Waals surface area (Å²) in [5.41, 5.74) is 7.48. The minimum Gasteiger partial charge on any atom is -0.489 e. The van der Waals surface area contributed by atoms with Gasteiger partial charge in [0.05, 0.1) is 0 Å². The molecule has 5 heteroatoms. The summed E-state index contributed by atoms with van der Waals surface area (Å²) in [4.78, 5) is 11.4. The molecule has 0 bridgehead atoms. The molecule has 0 spiro atoms. The Balaban J connectivity index is 1.78. The number of hydrogen-bond acceptors (Lipinski definition) is 3. The van der Waals surface area contributed by atoms with Crippen molar-refractivity contribution >= 4 is 5.91 Å². The van der Waals surface area contributed by atoms with Gasteiger partial charge in [-0.05, 0) is 35.4 Å². The van der Waals surface area contributed by atoms with Gasteiger partial charge in [0, 0.05) is 12.5 Å². The number of carbonyl (C=O) groups is 1. The Morgan fingerprint density at radius 3 is 2.26 bits per heavy atom. The third-order valence-electron chi connectivity index (χ3n) is 3.27. The summed E-state index contributed by atoms with van der Waals surface area (Å²) in [5.74, 6) is 0.397. The van der Waals surface area contributed by atoms with Crippen LogP contribution in [-0.4, -0.2) is 5.91 Å². The fourth-order valence-electron chi connectivity index (χ4n) is 1.83. The van der Waals surface area contributed by atoms with Gasteiger partial charge in [0.2, 0.25) is 5.91 Å². The number of benzene rings is 2. The molecule has 23 heavy (non-hydrogen) atoms. The molecular formula is C18H21FN2O2. The molecule has 2 N–H and O–H groups in total. The van der Waals surface area contributed by atoms with Crippen LogP contribution in [0.2, 0.25) is 0 Å². The zero-order chi connectivity index (χ0) is 16.7. The van der Waals surface area contributed by atoms with Gasteiger partial charge in [-0.15, -0.1) is 0 Å². The molecule has 2 rings (SSSR count). The monoisotopic (exact) mass is 316 g/mol. The third-order valence-corrected chi connectivity index (χ3v) is 3.27. The van der Waals surface area contributed by atoms with E-state index < -0.39 is 0 Å². The molecule has 2 aromatic carbocycles. The molecule has 122 valence electrons. The second kappa shape index (κ2) is 8.29. The van der Waals surface area contributed by atoms with Crippen molar-refractivity contribution in [3.8, 4) is 5.75 Å². The molecule has 1 amide bonds. The zero-order valence-electron chi connectivity index (χ0n) is 13.3. The number of halogens is 1. The third kappa shape index (κ3) is 5.71. The van der Waals surface area contributed by atoms with Crippen molar-refractivity contribution in [1.82, 2.24) is 10.9 Å². The van der Waals surface area contributed by atoms with Crippen molar-refractivity contribution in [2.45, 2.75) is 27.0 Å². The molecule has 0 saturated carbocycles. The molecular weight excluding hydrogens is 295 g/mol. The van der Waals surface area contributed by atoms with Crippen molar-refractivity contribution in [2.24, 2.45) is 5.92 Å². The van der Waals surface area contributed by atoms with Crippen LogP contribution in [0.5, 0.6) is 5.75 Å². The van der Waals surface area contributed by atoms with E-state index in [1.54, 1.807) is 12.1 Å². The first kappa shape index (κ1) is 17.0. The van der Waals surface area contributed by atoms with Crippen LogP contribution >= 0.6 is 0 Å². The Kier molecular flexibility index (Phi) is 6.11. The second-order valence-electron chi connectivity index (χ2n) is 5.56. The molecule has 0 aromatic heterocycles. The number of carbonyl (C=O) groups excluding carboxylic acids is 1. The molecule has 0 fully saturated rings. The SMILES string of the molecule is CC(C)C(=O)NNCc1ccc(OCc2ccc(F)cc2)cc1. The van der Waals surface area contributed by atoms with E-state index >= 15 is 0 Å². The predicted molar refractivity (Wildman–Crippen MR) is 87.0 cm³/mol. The quantitative estimate of drug-likeness (QED) is 0.771. The molecule has 0 aliphatic carbocycles. The van der Waals surface area contributed by atoms with E-state index in [0.29, 0.717) is 13.2 Å². The minimum atomic E-state index is -0.254. The lowest BCUT2D eigenvalue weighted by molar-refractivity contribution is -0.125. The van der Waals surface area contributed by atoms with Crippen molar-refractivity contribution in [3.63, 3.8) is 0 Å². The van der Waals surface area contributed by atoms with Crippen molar-refractivity contribution < 1.29 is 13.9 Å². The van der Waals surface area contributed by atoms with Crippen molar-refractivity contribution in [3.05, 3.63) is 65.5 Å². The summed E-state index contributed by atoms with van der Waals surface area (Å²) in [6, 6.07) is 13.8. The summed E-state index contributed by atoms with van der Waals surface area (Å²) in [6.07, 6.45) is 0. The summed E-state index contributed by atoms with van der Waals surface area (Å²) in [7, 11) is 0. The van der Waals surface area contributed by atoms with Gasteiger partial charge >= 0.3 is 0 Å². The van der Waals surface area contributed by atoms with Crippen molar-refractivity contribution in [1.29, 1.82) is 0 Å². The fraction of sp³-hybridized carbons (Fsp3) is 0.278. The van der Waals surface area contributed by atoms with E-state index in [1.807, 2.05) is 38.1 Å². The summed E-state index contributed by atoms with van der Waals surface area (Å²) in [6.45, 7) is 4.60. The Morgan fingerprint density at radius 1 is 1.04 bits per heavy atom. The van der Waals surface area contributed by atoms with Crippen LogP contribution in [0, 0.1) is 11.7 Å². The van der Waals surface area contributed by atoms with E-state index in [-0.39, 0.29) is 17.6 Å². The average Bonchev–Trinajstić information content (AvgIpc) is 2.55. The van der Waals surface area contributed by atoms with Gasteiger partial charge in [-0.1, -0.05) is 38.1 Å². The number of ether oxygens (including phenoxy) is 1. The van der Waals surface area contributed by atoms with Gasteiger partial charge in [-0.25, -0.2) is 9.82 Å². The Hall–Kier alpha value is -2.40. The lowest BCUT2D eigenvalue weighted by atomic mass is 10.2. The van der Waals surface area contributed by atoms with Gasteiger partial charge in [-0.3, -0.25) is 10.2 Å². The number of hydrazine groups is 1. The van der Waals surface area contributed by atoms with E-state index in [2.05, 4.69) is 10.9 Å². The van der Waals surface area contributed by atoms with Crippen LogP contribution in [0.1, 0.15) is 25.0 Å². The molecule has 0 aliphatic heterocycles. The van der Waals surface area contributed by atoms with Crippen LogP contribution in [0.3, 0.4) is 0 Å². The number of hydrogen-bond donors (Lipinski definition) is 2. The molecule has 2 aromatic rings. The first-order valence-electron chi connectivity index (χ1n) is 7.53. The Labute approximate surface area is 135 Å². The van der Waals surface area contributed by atoms with Gasteiger partial charge < -0.3 is 4.74 Å². The van der Waals surface area contributed by atoms with Crippen LogP contribution in [0.4, 0.5) is 4.39 Å². The summed E-state index contributed by atoms with van der Waals surface area (Å²) in [5, 5.41) is 0. The first-order chi connectivity index (χ1) is 11.0. The van der Waals surface area contributed by atoms with E-state index in [4.69, 9.17) is 4.74 Å². The maximum absolute atomic E-state index is 12.8. The topological polar surface area (TPSA) is 50.4 Å². The second-order valence-corrected chi connectivity index (χ2v) is 5.56. The maximum Gasteiger partial charge on any atom is 0.236 e. The standard InChI is InChI=1S/C18H21FN2O2/c1-13(2)18(22)21-20-11-14-5-9-17(10-6-14)23-12-15-3-7-16(19)8-4-15/h3-10,13,20H,11-12H2,1-2H3,(H,21,22). The lowest BCUT2D eigenvalue weighted by Crippen LogP contribution is -2.39. The summed E-state index contributed by atoms with van der Waals surface area (Å²) < 4.78 is 18.5. The predicted octanol–water partition coefficient (Wildman–Crippen LogP) is 3.18. The van der Waals surface area contributed by atoms with Crippen LogP contribution in [-0.2, 0) is 17.9 Å². The van der Waals surface area contributed by atoms with Crippen LogP contribution in [0.15, 0.2) is 48.5 Å². The molecule has 4 nitrogen and oxygen atoms in total. The highest BCUT2D eigenvalue weighted by molar-refractivity contribution is 5.77. The summed E-state index contributed by atoms with van der Waals surface area (Å²) >= 11 is 0. The molecule has 0 saturated heterocycles. The molecule has 0 unspecified atom stereocenters. The maximum atomic E-state index is 12.8. The van der Waals surface area contributed by atoms with Crippen LogP contribution in [0.25, 0.3) is 0 Å². The van der Waals surface area contributed by atoms with Crippen molar-refractivity contribution in [2.75, 3.05) is 0 Å². The normalized spacial score (nSPS) is 10.6. The van der Waals surface area contributed by atoms with Gasteiger partial charge in [-0.2, -0.15) is 0 Å². The van der Waals surface area contributed by atoms with E-state index in [0.717, 1.165) is 16.9 Å². The largest absolute Gasteiger partial charge is 0.489 e. The molecule has 0 aliphatic rings. The molecule has 0 heterocycles. The Bertz CT molecular complexity index is 624. The van der Waals surface area contributed by atoms with E-state index in [1.165, 1.54) is 12.1 Å². The number of rotatable bonds is 7. The van der Waals surface area contributed by atoms with E-state index in [9.17, 15) is 9.18 Å². The smallest absolute Gasteiger partial charge is 0.236 e. The van der Waals surface area contributed by atoms with Gasteiger partial charge in [0.15, 0.2) is 0 Å². The Morgan fingerprint density at radius 2 is 1.65 bits per heavy atom. The van der Waals surface area contributed by atoms with Gasteiger partial charge in [0.1, 0.15) is 18.2 Å². The average molecular weight is 316 g/mol. The fourth-order valence-corrected chi connectivity index (χ4v) is 1.83. The molecule has 0 radical (unpaired) electrons. The number of amides is 1. The lowest BCUT2D eigenvalue weighted by Gasteiger charge is -2.10. The minimum absolute atomic E-state index is 0.0377. The zero-order valence-corrected chi connectivity index (χ0v) is 13.3. The highest BCUT2D eigenvalue weighted by atomic mass is 19.1. The van der Waals surface area contributed by atoms with Crippen LogP contribution < -0.4 is 15.6 Å². The highest BCUT2D eigenvalue weighted by Gasteiger charge is 2.05.